The first-order valence-corrected chi connectivity index (χ1v) is 8.90. The van der Waals surface area contributed by atoms with Crippen molar-refractivity contribution in [1.82, 2.24) is 4.98 Å². The highest BCUT2D eigenvalue weighted by Crippen LogP contribution is 2.21. The Morgan fingerprint density at radius 1 is 1.17 bits per heavy atom. The van der Waals surface area contributed by atoms with E-state index in [2.05, 4.69) is 22.4 Å². The third kappa shape index (κ3) is 4.55. The number of aromatic nitrogens is 1. The van der Waals surface area contributed by atoms with Crippen LogP contribution in [-0.2, 0) is 24.1 Å². The van der Waals surface area contributed by atoms with Gasteiger partial charge in [0, 0.05) is 36.8 Å². The third-order valence-electron chi connectivity index (χ3n) is 3.69. The van der Waals surface area contributed by atoms with Crippen LogP contribution in [0.15, 0.2) is 53.1 Å². The van der Waals surface area contributed by atoms with Crippen LogP contribution < -0.4 is 5.32 Å². The van der Waals surface area contributed by atoms with Crippen LogP contribution in [0, 0.1) is 0 Å². The summed E-state index contributed by atoms with van der Waals surface area (Å²) in [6, 6.07) is 14.1. The predicted octanol–water partition coefficient (Wildman–Crippen LogP) is 4.46. The molecular weight excluding hydrogens is 320 g/mol. The number of benzene rings is 1. The number of nitrogens with one attached hydrogen (secondary N) is 1. The van der Waals surface area contributed by atoms with E-state index in [1.165, 1.54) is 16.9 Å². The van der Waals surface area contributed by atoms with E-state index in [-0.39, 0.29) is 5.91 Å². The molecule has 0 saturated heterocycles. The van der Waals surface area contributed by atoms with Gasteiger partial charge in [0.2, 0.25) is 5.91 Å². The molecule has 2 aromatic heterocycles. The summed E-state index contributed by atoms with van der Waals surface area (Å²) < 4.78 is 5.61. The van der Waals surface area contributed by atoms with Gasteiger partial charge in [-0.3, -0.25) is 4.79 Å². The van der Waals surface area contributed by atoms with Gasteiger partial charge in [0.15, 0.2) is 5.13 Å². The molecule has 0 aliphatic heterocycles. The zero-order valence-electron chi connectivity index (χ0n) is 13.6. The number of thiazole rings is 1. The highest BCUT2D eigenvalue weighted by Gasteiger charge is 2.09. The van der Waals surface area contributed by atoms with Crippen molar-refractivity contribution in [3.05, 3.63) is 70.6 Å². The summed E-state index contributed by atoms with van der Waals surface area (Å²) in [5.41, 5.74) is 1.24. The first-order valence-electron chi connectivity index (χ1n) is 8.09. The molecule has 0 fully saturated rings. The lowest BCUT2D eigenvalue weighted by Crippen LogP contribution is -2.11. The van der Waals surface area contributed by atoms with Gasteiger partial charge in [-0.25, -0.2) is 4.98 Å². The largest absolute Gasteiger partial charge is 0.466 e. The Morgan fingerprint density at radius 2 is 1.96 bits per heavy atom. The molecule has 0 saturated carbocycles. The minimum Gasteiger partial charge on any atom is -0.466 e. The lowest BCUT2D eigenvalue weighted by molar-refractivity contribution is -0.116. The van der Waals surface area contributed by atoms with Crippen molar-refractivity contribution in [2.75, 3.05) is 5.32 Å². The summed E-state index contributed by atoms with van der Waals surface area (Å²) in [6.07, 6.45) is 4.53. The Hall–Kier alpha value is -2.40. The maximum atomic E-state index is 12.0. The van der Waals surface area contributed by atoms with Gasteiger partial charge in [-0.2, -0.15) is 0 Å². The molecule has 1 aromatic carbocycles. The molecule has 0 spiro atoms. The molecule has 0 aliphatic carbocycles. The fourth-order valence-corrected chi connectivity index (χ4v) is 3.27. The maximum Gasteiger partial charge on any atom is 0.226 e. The molecule has 1 amide bonds. The van der Waals surface area contributed by atoms with Crippen LogP contribution in [0.25, 0.3) is 0 Å². The summed E-state index contributed by atoms with van der Waals surface area (Å²) in [7, 11) is 0. The van der Waals surface area contributed by atoms with E-state index < -0.39 is 0 Å². The van der Waals surface area contributed by atoms with E-state index >= 15 is 0 Å². The smallest absolute Gasteiger partial charge is 0.226 e. The number of amides is 1. The predicted molar refractivity (Wildman–Crippen MR) is 96.4 cm³/mol. The number of furan rings is 1. The lowest BCUT2D eigenvalue weighted by atomic mass is 10.1. The second kappa shape index (κ2) is 7.93. The summed E-state index contributed by atoms with van der Waals surface area (Å²) in [4.78, 5) is 17.5. The first-order chi connectivity index (χ1) is 11.7. The highest BCUT2D eigenvalue weighted by atomic mass is 32.1. The first kappa shape index (κ1) is 16.5. The van der Waals surface area contributed by atoms with Gasteiger partial charge in [-0.15, -0.1) is 11.3 Å². The Balaban J connectivity index is 1.49. The van der Waals surface area contributed by atoms with Crippen LogP contribution in [0.4, 0.5) is 5.13 Å². The van der Waals surface area contributed by atoms with Crippen LogP contribution in [0.5, 0.6) is 0 Å². The minimum atomic E-state index is -0.0370. The SMILES string of the molecule is CCc1ccc(CCC(=O)Nc2ncc(Cc3ccccc3)s2)o1. The molecule has 3 aromatic rings. The highest BCUT2D eigenvalue weighted by molar-refractivity contribution is 7.15. The summed E-state index contributed by atoms with van der Waals surface area (Å²) in [5, 5.41) is 3.52. The fourth-order valence-electron chi connectivity index (χ4n) is 2.41. The topological polar surface area (TPSA) is 55.1 Å². The van der Waals surface area contributed by atoms with E-state index in [9.17, 15) is 4.79 Å². The number of hydrogen-bond acceptors (Lipinski definition) is 4. The number of aryl methyl sites for hydroxylation is 2. The van der Waals surface area contributed by atoms with Crippen molar-refractivity contribution in [3.8, 4) is 0 Å². The van der Waals surface area contributed by atoms with Gasteiger partial charge in [0.1, 0.15) is 11.5 Å². The fraction of sp³-hybridized carbons (Fsp3) is 0.263. The Bertz CT molecular complexity index is 793. The van der Waals surface area contributed by atoms with E-state index in [1.54, 1.807) is 0 Å². The van der Waals surface area contributed by atoms with Gasteiger partial charge in [-0.05, 0) is 17.7 Å². The summed E-state index contributed by atoms with van der Waals surface area (Å²) in [6.45, 7) is 2.05. The van der Waals surface area contributed by atoms with Crippen LogP contribution in [0.3, 0.4) is 0 Å². The second-order valence-electron chi connectivity index (χ2n) is 5.56. The molecule has 124 valence electrons. The molecule has 0 unspecified atom stereocenters. The molecular formula is C19H20N2O2S. The van der Waals surface area contributed by atoms with Gasteiger partial charge in [0.05, 0.1) is 0 Å². The minimum absolute atomic E-state index is 0.0370. The molecule has 24 heavy (non-hydrogen) atoms. The number of carbonyl (C=O) groups is 1. The summed E-state index contributed by atoms with van der Waals surface area (Å²) >= 11 is 1.52. The number of anilines is 1. The van der Waals surface area contributed by atoms with E-state index in [0.717, 1.165) is 29.2 Å². The van der Waals surface area contributed by atoms with Crippen molar-refractivity contribution in [1.29, 1.82) is 0 Å². The third-order valence-corrected chi connectivity index (χ3v) is 4.60. The number of carbonyl (C=O) groups excluding carboxylic acids is 1. The summed E-state index contributed by atoms with van der Waals surface area (Å²) in [5.74, 6) is 1.77. The molecule has 2 heterocycles. The number of nitrogens with zero attached hydrogens (tertiary/aromatic N) is 1. The standard InChI is InChI=1S/C19H20N2O2S/c1-2-15-8-9-16(23-15)10-11-18(22)21-19-20-13-17(24-19)12-14-6-4-3-5-7-14/h3-9,13H,2,10-12H2,1H3,(H,20,21,22). The van der Waals surface area contributed by atoms with Crippen LogP contribution in [-0.4, -0.2) is 10.9 Å². The van der Waals surface area contributed by atoms with Crippen molar-refractivity contribution in [2.24, 2.45) is 0 Å². The number of hydrogen-bond donors (Lipinski definition) is 1. The van der Waals surface area contributed by atoms with Gasteiger partial charge in [0.25, 0.3) is 0 Å². The van der Waals surface area contributed by atoms with Gasteiger partial charge >= 0.3 is 0 Å². The van der Waals surface area contributed by atoms with E-state index in [4.69, 9.17) is 4.42 Å². The normalized spacial score (nSPS) is 10.7. The average Bonchev–Trinajstić information content (AvgIpc) is 3.23. The molecule has 0 aliphatic rings. The Kier molecular flexibility index (Phi) is 5.43. The molecule has 4 nitrogen and oxygen atoms in total. The molecule has 0 radical (unpaired) electrons. The Labute approximate surface area is 145 Å². The molecule has 0 bridgehead atoms. The van der Waals surface area contributed by atoms with Crippen molar-refractivity contribution < 1.29 is 9.21 Å². The zero-order valence-corrected chi connectivity index (χ0v) is 14.4. The van der Waals surface area contributed by atoms with Crippen molar-refractivity contribution in [3.63, 3.8) is 0 Å². The molecule has 5 heteroatoms. The molecule has 1 N–H and O–H groups in total. The second-order valence-corrected chi connectivity index (χ2v) is 6.68. The quantitative estimate of drug-likeness (QED) is 0.691. The van der Waals surface area contributed by atoms with Crippen LogP contribution in [0.2, 0.25) is 0 Å². The Morgan fingerprint density at radius 3 is 2.71 bits per heavy atom. The average molecular weight is 340 g/mol. The van der Waals surface area contributed by atoms with Gasteiger partial charge < -0.3 is 9.73 Å². The van der Waals surface area contributed by atoms with E-state index in [0.29, 0.717) is 18.0 Å². The monoisotopic (exact) mass is 340 g/mol. The van der Waals surface area contributed by atoms with Crippen LogP contribution in [0.1, 0.15) is 35.3 Å². The molecule has 0 atom stereocenters. The molecule has 3 rings (SSSR count). The maximum absolute atomic E-state index is 12.0. The number of rotatable bonds is 7. The lowest BCUT2D eigenvalue weighted by Gasteiger charge is -2.00. The van der Waals surface area contributed by atoms with E-state index in [1.807, 2.05) is 43.5 Å². The van der Waals surface area contributed by atoms with Crippen molar-refractivity contribution in [2.45, 2.75) is 32.6 Å². The van der Waals surface area contributed by atoms with Gasteiger partial charge in [-0.1, -0.05) is 37.3 Å². The zero-order chi connectivity index (χ0) is 16.8. The van der Waals surface area contributed by atoms with Crippen LogP contribution >= 0.6 is 11.3 Å². The van der Waals surface area contributed by atoms with Crippen molar-refractivity contribution >= 4 is 22.4 Å².